The van der Waals surface area contributed by atoms with Crippen LogP contribution in [0.1, 0.15) is 21.5 Å². The molecule has 0 bridgehead atoms. The lowest BCUT2D eigenvalue weighted by Gasteiger charge is -2.26. The van der Waals surface area contributed by atoms with Gasteiger partial charge in [-0.05, 0) is 36.6 Å². The summed E-state index contributed by atoms with van der Waals surface area (Å²) in [6.07, 6.45) is 3.02. The molecule has 0 unspecified atom stereocenters. The van der Waals surface area contributed by atoms with Crippen LogP contribution in [0.2, 0.25) is 0 Å². The van der Waals surface area contributed by atoms with E-state index in [1.54, 1.807) is 6.07 Å². The first-order chi connectivity index (χ1) is 11.6. The predicted molar refractivity (Wildman–Crippen MR) is 95.7 cm³/mol. The van der Waals surface area contributed by atoms with E-state index in [-0.39, 0.29) is 0 Å². The molecule has 6 heteroatoms. The first-order valence-electron chi connectivity index (χ1n) is 8.59. The second-order valence-corrected chi connectivity index (χ2v) is 6.49. The smallest absolute Gasteiger partial charge is 0.337 e. The number of aromatic nitrogens is 1. The van der Waals surface area contributed by atoms with Gasteiger partial charge >= 0.3 is 5.97 Å². The second-order valence-electron chi connectivity index (χ2n) is 6.49. The Balaban J connectivity index is 1.96. The van der Waals surface area contributed by atoms with Crippen molar-refractivity contribution in [1.29, 1.82) is 0 Å². The van der Waals surface area contributed by atoms with Crippen LogP contribution >= 0.6 is 0 Å². The van der Waals surface area contributed by atoms with Gasteiger partial charge in [-0.1, -0.05) is 0 Å². The van der Waals surface area contributed by atoms with Crippen molar-refractivity contribution in [3.63, 3.8) is 0 Å². The van der Waals surface area contributed by atoms with E-state index in [1.807, 2.05) is 11.5 Å². The molecule has 2 aromatic rings. The topological polar surface area (TPSA) is 83.5 Å². The second kappa shape index (κ2) is 7.34. The van der Waals surface area contributed by atoms with Gasteiger partial charge in [-0.15, -0.1) is 0 Å². The molecule has 3 rings (SSSR count). The normalized spacial score (nSPS) is 15.9. The number of carboxylic acids is 1. The van der Waals surface area contributed by atoms with Gasteiger partial charge < -0.3 is 25.6 Å². The Kier molecular flexibility index (Phi) is 5.18. The van der Waals surface area contributed by atoms with Gasteiger partial charge in [-0.25, -0.2) is 4.79 Å². The lowest BCUT2D eigenvalue weighted by molar-refractivity contribution is 0.0698. The molecule has 2 heterocycles. The maximum Gasteiger partial charge on any atom is 0.337 e. The highest BCUT2D eigenvalue weighted by Crippen LogP contribution is 2.27. The molecule has 1 aliphatic heterocycles. The van der Waals surface area contributed by atoms with Crippen LogP contribution < -0.4 is 11.1 Å². The Morgan fingerprint density at radius 3 is 2.71 bits per heavy atom. The summed E-state index contributed by atoms with van der Waals surface area (Å²) < 4.78 is 2.01. The fraction of sp³-hybridized carbons (Fsp3) is 0.500. The Morgan fingerprint density at radius 1 is 1.29 bits per heavy atom. The van der Waals surface area contributed by atoms with Crippen molar-refractivity contribution in [2.24, 2.45) is 5.73 Å². The van der Waals surface area contributed by atoms with Crippen LogP contribution in [-0.4, -0.2) is 59.8 Å². The van der Waals surface area contributed by atoms with Crippen molar-refractivity contribution in [2.75, 3.05) is 39.3 Å². The van der Waals surface area contributed by atoms with Gasteiger partial charge in [-0.3, -0.25) is 0 Å². The molecule has 0 atom stereocenters. The zero-order chi connectivity index (χ0) is 17.1. The number of aryl methyl sites for hydroxylation is 1. The average molecular weight is 330 g/mol. The van der Waals surface area contributed by atoms with Gasteiger partial charge in [0.25, 0.3) is 0 Å². The maximum absolute atomic E-state index is 11.7. The molecule has 0 saturated carbocycles. The quantitative estimate of drug-likeness (QED) is 0.737. The number of nitrogens with zero attached hydrogens (tertiary/aromatic N) is 2. The Bertz CT molecular complexity index is 732. The standard InChI is InChI=1S/C18H26N4O2/c1-13-10-15-14(2-6-21-8-4-20-5-9-21)12-22(7-3-19)17(15)16(11-13)18(23)24/h10-12,20H,2-9,19H2,1H3,(H,23,24). The van der Waals surface area contributed by atoms with E-state index in [0.717, 1.165) is 55.6 Å². The first-order valence-corrected chi connectivity index (χ1v) is 8.59. The fourth-order valence-corrected chi connectivity index (χ4v) is 3.55. The molecular formula is C18H26N4O2. The number of carboxylic acid groups (broad SMARTS) is 1. The Labute approximate surface area is 142 Å². The molecule has 0 aliphatic carbocycles. The van der Waals surface area contributed by atoms with E-state index in [4.69, 9.17) is 5.73 Å². The van der Waals surface area contributed by atoms with Crippen LogP contribution in [0.3, 0.4) is 0 Å². The zero-order valence-electron chi connectivity index (χ0n) is 14.2. The van der Waals surface area contributed by atoms with Gasteiger partial charge in [0, 0.05) is 57.4 Å². The molecule has 1 saturated heterocycles. The number of rotatable bonds is 6. The summed E-state index contributed by atoms with van der Waals surface area (Å²) >= 11 is 0. The minimum absolute atomic E-state index is 0.367. The van der Waals surface area contributed by atoms with Crippen molar-refractivity contribution in [3.05, 3.63) is 35.0 Å². The number of nitrogens with two attached hydrogens (primary N) is 1. The van der Waals surface area contributed by atoms with Crippen molar-refractivity contribution in [1.82, 2.24) is 14.8 Å². The number of hydrogen-bond donors (Lipinski definition) is 3. The third-order valence-electron chi connectivity index (χ3n) is 4.71. The molecule has 4 N–H and O–H groups in total. The summed E-state index contributed by atoms with van der Waals surface area (Å²) in [6.45, 7) is 8.30. The number of benzene rings is 1. The summed E-state index contributed by atoms with van der Waals surface area (Å²) in [5, 5.41) is 14.0. The number of piperazine rings is 1. The van der Waals surface area contributed by atoms with Crippen molar-refractivity contribution in [2.45, 2.75) is 19.9 Å². The van der Waals surface area contributed by atoms with Crippen LogP contribution in [0.5, 0.6) is 0 Å². The molecule has 1 fully saturated rings. The lowest BCUT2D eigenvalue weighted by atomic mass is 10.0. The van der Waals surface area contributed by atoms with Crippen molar-refractivity contribution in [3.8, 4) is 0 Å². The van der Waals surface area contributed by atoms with Gasteiger partial charge in [-0.2, -0.15) is 0 Å². The molecule has 1 aromatic carbocycles. The van der Waals surface area contributed by atoms with E-state index in [2.05, 4.69) is 22.5 Å². The van der Waals surface area contributed by atoms with Crippen molar-refractivity contribution >= 4 is 16.9 Å². The number of aromatic carboxylic acids is 1. The zero-order valence-corrected chi connectivity index (χ0v) is 14.2. The fourth-order valence-electron chi connectivity index (χ4n) is 3.55. The van der Waals surface area contributed by atoms with Crippen LogP contribution in [0, 0.1) is 6.92 Å². The number of nitrogens with one attached hydrogen (secondary N) is 1. The monoisotopic (exact) mass is 330 g/mol. The SMILES string of the molecule is Cc1cc(C(=O)O)c2c(c1)c(CCN1CCNCC1)cn2CCN. The largest absolute Gasteiger partial charge is 0.478 e. The third kappa shape index (κ3) is 3.45. The molecule has 6 nitrogen and oxygen atoms in total. The van der Waals surface area contributed by atoms with E-state index < -0.39 is 5.97 Å². The van der Waals surface area contributed by atoms with Crippen LogP contribution in [0.25, 0.3) is 10.9 Å². The van der Waals surface area contributed by atoms with Gasteiger partial charge in [0.2, 0.25) is 0 Å². The lowest BCUT2D eigenvalue weighted by Crippen LogP contribution is -2.44. The molecule has 0 radical (unpaired) electrons. The molecular weight excluding hydrogens is 304 g/mol. The average Bonchev–Trinajstić information content (AvgIpc) is 2.91. The minimum atomic E-state index is -0.881. The highest BCUT2D eigenvalue weighted by Gasteiger charge is 2.18. The number of carbonyl (C=O) groups is 1. The summed E-state index contributed by atoms with van der Waals surface area (Å²) in [6, 6.07) is 3.85. The van der Waals surface area contributed by atoms with E-state index in [1.165, 1.54) is 5.56 Å². The van der Waals surface area contributed by atoms with Crippen LogP contribution in [-0.2, 0) is 13.0 Å². The first kappa shape index (κ1) is 17.0. The molecule has 1 aliphatic rings. The minimum Gasteiger partial charge on any atom is -0.478 e. The number of hydrogen-bond acceptors (Lipinski definition) is 4. The van der Waals surface area contributed by atoms with Crippen molar-refractivity contribution < 1.29 is 9.90 Å². The van der Waals surface area contributed by atoms with E-state index in [0.29, 0.717) is 18.7 Å². The summed E-state index contributed by atoms with van der Waals surface area (Å²) in [7, 11) is 0. The summed E-state index contributed by atoms with van der Waals surface area (Å²) in [4.78, 5) is 14.1. The van der Waals surface area contributed by atoms with Gasteiger partial charge in [0.1, 0.15) is 0 Å². The highest BCUT2D eigenvalue weighted by molar-refractivity contribution is 6.03. The maximum atomic E-state index is 11.7. The molecule has 24 heavy (non-hydrogen) atoms. The van der Waals surface area contributed by atoms with Crippen LogP contribution in [0.4, 0.5) is 0 Å². The van der Waals surface area contributed by atoms with Crippen LogP contribution in [0.15, 0.2) is 18.3 Å². The Morgan fingerprint density at radius 2 is 2.04 bits per heavy atom. The molecule has 130 valence electrons. The van der Waals surface area contributed by atoms with Gasteiger partial charge in [0.15, 0.2) is 0 Å². The molecule has 0 spiro atoms. The summed E-state index contributed by atoms with van der Waals surface area (Å²) in [5.74, 6) is -0.881. The van der Waals surface area contributed by atoms with E-state index >= 15 is 0 Å². The Hall–Kier alpha value is -1.89. The molecule has 1 aromatic heterocycles. The van der Waals surface area contributed by atoms with Gasteiger partial charge in [0.05, 0.1) is 11.1 Å². The number of fused-ring (bicyclic) bond motifs is 1. The third-order valence-corrected chi connectivity index (χ3v) is 4.71. The molecule has 0 amide bonds. The highest BCUT2D eigenvalue weighted by atomic mass is 16.4. The predicted octanol–water partition coefficient (Wildman–Crippen LogP) is 1.05. The summed E-state index contributed by atoms with van der Waals surface area (Å²) in [5.41, 5.74) is 9.08. The van der Waals surface area contributed by atoms with E-state index in [9.17, 15) is 9.90 Å².